The van der Waals surface area contributed by atoms with Crippen LogP contribution in [0.3, 0.4) is 0 Å². The molecule has 0 atom stereocenters. The molecule has 1 fully saturated rings. The summed E-state index contributed by atoms with van der Waals surface area (Å²) in [5.74, 6) is -0.160. The Balaban J connectivity index is 1.29. The number of rotatable bonds is 4. The number of pyridine rings is 1. The molecule has 1 saturated carbocycles. The van der Waals surface area contributed by atoms with E-state index in [1.807, 2.05) is 36.4 Å². The molecule has 2 heterocycles. The minimum Gasteiger partial charge on any atom is -0.344 e. The number of aromatic nitrogens is 2. The first-order chi connectivity index (χ1) is 14.8. The van der Waals surface area contributed by atoms with Gasteiger partial charge in [0.05, 0.1) is 17.4 Å². The molecule has 1 amide bonds. The van der Waals surface area contributed by atoms with Crippen molar-refractivity contribution in [3.8, 4) is 0 Å². The summed E-state index contributed by atoms with van der Waals surface area (Å²) >= 11 is 0. The molecule has 150 valence electrons. The fourth-order valence-electron chi connectivity index (χ4n) is 4.46. The third-order valence-electron chi connectivity index (χ3n) is 6.00. The van der Waals surface area contributed by atoms with Crippen molar-refractivity contribution in [2.75, 3.05) is 5.32 Å². The Morgan fingerprint density at radius 2 is 1.87 bits per heavy atom. The minimum atomic E-state index is -0.160. The lowest BCUT2D eigenvalue weighted by molar-refractivity contribution is -0.111. The van der Waals surface area contributed by atoms with Gasteiger partial charge in [-0.2, -0.15) is 0 Å². The van der Waals surface area contributed by atoms with Crippen LogP contribution < -0.4 is 5.32 Å². The van der Waals surface area contributed by atoms with E-state index < -0.39 is 0 Å². The molecule has 30 heavy (non-hydrogen) atoms. The van der Waals surface area contributed by atoms with Gasteiger partial charge in [0.1, 0.15) is 0 Å². The zero-order valence-electron chi connectivity index (χ0n) is 16.9. The average Bonchev–Trinajstić information content (AvgIpc) is 3.21. The number of amides is 1. The Hall–Kier alpha value is -3.40. The summed E-state index contributed by atoms with van der Waals surface area (Å²) < 4.78 is 2.43. The lowest BCUT2D eigenvalue weighted by atomic mass is 9.95. The second-order valence-electron chi connectivity index (χ2n) is 8.07. The molecule has 0 aliphatic heterocycles. The van der Waals surface area contributed by atoms with E-state index in [-0.39, 0.29) is 5.91 Å². The van der Waals surface area contributed by atoms with Crippen LogP contribution in [0.15, 0.2) is 73.1 Å². The van der Waals surface area contributed by atoms with Gasteiger partial charge >= 0.3 is 0 Å². The lowest BCUT2D eigenvalue weighted by Crippen LogP contribution is -2.11. The van der Waals surface area contributed by atoms with Crippen molar-refractivity contribution in [3.63, 3.8) is 0 Å². The third-order valence-corrected chi connectivity index (χ3v) is 6.00. The van der Waals surface area contributed by atoms with E-state index in [2.05, 4.69) is 45.3 Å². The fourth-order valence-corrected chi connectivity index (χ4v) is 4.46. The summed E-state index contributed by atoms with van der Waals surface area (Å²) in [5, 5.41) is 5.13. The van der Waals surface area contributed by atoms with E-state index in [1.54, 1.807) is 12.3 Å². The van der Waals surface area contributed by atoms with Gasteiger partial charge in [0.2, 0.25) is 5.91 Å². The molecule has 0 unspecified atom stereocenters. The topological polar surface area (TPSA) is 46.9 Å². The van der Waals surface area contributed by atoms with Gasteiger partial charge in [0.25, 0.3) is 0 Å². The van der Waals surface area contributed by atoms with E-state index in [4.69, 9.17) is 0 Å². The molecular weight excluding hydrogens is 370 g/mol. The Morgan fingerprint density at radius 1 is 1.00 bits per heavy atom. The van der Waals surface area contributed by atoms with E-state index in [1.165, 1.54) is 43.0 Å². The molecule has 1 N–H and O–H groups in total. The number of hydrogen-bond donors (Lipinski definition) is 1. The monoisotopic (exact) mass is 395 g/mol. The van der Waals surface area contributed by atoms with Crippen molar-refractivity contribution in [1.29, 1.82) is 0 Å². The van der Waals surface area contributed by atoms with Crippen LogP contribution in [0.4, 0.5) is 5.69 Å². The van der Waals surface area contributed by atoms with Crippen molar-refractivity contribution in [2.45, 2.75) is 38.1 Å². The second kappa shape index (κ2) is 8.15. The van der Waals surface area contributed by atoms with Crippen LogP contribution in [0.25, 0.3) is 27.9 Å². The number of fused-ring (bicyclic) bond motifs is 2. The molecule has 1 aliphatic carbocycles. The van der Waals surface area contributed by atoms with Crippen LogP contribution in [-0.2, 0) is 4.79 Å². The first-order valence-electron chi connectivity index (χ1n) is 10.7. The molecule has 0 saturated heterocycles. The molecule has 4 aromatic rings. The molecule has 5 rings (SSSR count). The van der Waals surface area contributed by atoms with Gasteiger partial charge in [-0.25, -0.2) is 0 Å². The van der Waals surface area contributed by atoms with Gasteiger partial charge in [-0.05, 0) is 54.8 Å². The third kappa shape index (κ3) is 3.86. The predicted molar refractivity (Wildman–Crippen MR) is 123 cm³/mol. The number of hydrogen-bond acceptors (Lipinski definition) is 2. The van der Waals surface area contributed by atoms with Crippen molar-refractivity contribution in [3.05, 3.63) is 78.6 Å². The Labute approximate surface area is 176 Å². The summed E-state index contributed by atoms with van der Waals surface area (Å²) in [6.07, 6.45) is 13.9. The first kappa shape index (κ1) is 18.6. The van der Waals surface area contributed by atoms with Crippen molar-refractivity contribution in [1.82, 2.24) is 9.55 Å². The number of carbonyl (C=O) groups is 1. The number of para-hydroxylation sites is 1. The Bertz CT molecular complexity index is 1230. The molecular formula is C26H25N3O. The molecule has 1 aliphatic rings. The van der Waals surface area contributed by atoms with Gasteiger partial charge in [0.15, 0.2) is 0 Å². The maximum absolute atomic E-state index is 12.4. The highest BCUT2D eigenvalue weighted by Crippen LogP contribution is 2.32. The number of carbonyl (C=O) groups excluding carboxylic acids is 1. The van der Waals surface area contributed by atoms with E-state index in [0.717, 1.165) is 16.5 Å². The predicted octanol–water partition coefficient (Wildman–Crippen LogP) is 6.35. The van der Waals surface area contributed by atoms with Crippen LogP contribution in [0.2, 0.25) is 0 Å². The standard InChI is InChI=1S/C26H25N3O/c30-26(28-22-17-20-6-4-5-9-24(20)27-18-22)13-11-19-10-12-25-21(16-19)14-15-29(25)23-7-2-1-3-8-23/h4-6,9-18,23H,1-3,7-8H2,(H,28,30). The largest absolute Gasteiger partial charge is 0.344 e. The second-order valence-corrected chi connectivity index (χ2v) is 8.07. The molecule has 4 nitrogen and oxygen atoms in total. The average molecular weight is 396 g/mol. The molecule has 4 heteroatoms. The van der Waals surface area contributed by atoms with Crippen LogP contribution >= 0.6 is 0 Å². The molecule has 2 aromatic carbocycles. The van der Waals surface area contributed by atoms with Crippen LogP contribution in [-0.4, -0.2) is 15.5 Å². The van der Waals surface area contributed by atoms with Gasteiger partial charge in [-0.3, -0.25) is 9.78 Å². The smallest absolute Gasteiger partial charge is 0.248 e. The molecule has 0 spiro atoms. The van der Waals surface area contributed by atoms with Gasteiger partial charge in [-0.15, -0.1) is 0 Å². The SMILES string of the molecule is O=C(C=Cc1ccc2c(ccn2C2CCCCC2)c1)Nc1cnc2ccccc2c1. The highest BCUT2D eigenvalue weighted by molar-refractivity contribution is 6.03. The van der Waals surface area contributed by atoms with Crippen LogP contribution in [0, 0.1) is 0 Å². The quantitative estimate of drug-likeness (QED) is 0.409. The Morgan fingerprint density at radius 3 is 2.77 bits per heavy atom. The van der Waals surface area contributed by atoms with Crippen molar-refractivity contribution in [2.24, 2.45) is 0 Å². The maximum atomic E-state index is 12.4. The van der Waals surface area contributed by atoms with Gasteiger partial charge in [0, 0.05) is 34.6 Å². The number of nitrogens with one attached hydrogen (secondary N) is 1. The van der Waals surface area contributed by atoms with Crippen molar-refractivity contribution >= 4 is 39.5 Å². The first-order valence-corrected chi connectivity index (χ1v) is 10.7. The fraction of sp³-hybridized carbons (Fsp3) is 0.231. The maximum Gasteiger partial charge on any atom is 0.248 e. The van der Waals surface area contributed by atoms with E-state index >= 15 is 0 Å². The minimum absolute atomic E-state index is 0.160. The van der Waals surface area contributed by atoms with Gasteiger partial charge < -0.3 is 9.88 Å². The molecule has 0 radical (unpaired) electrons. The molecule has 0 bridgehead atoms. The van der Waals surface area contributed by atoms with Crippen LogP contribution in [0.1, 0.15) is 43.7 Å². The normalized spacial score (nSPS) is 15.2. The van der Waals surface area contributed by atoms with E-state index in [0.29, 0.717) is 11.7 Å². The highest BCUT2D eigenvalue weighted by atomic mass is 16.1. The summed E-state index contributed by atoms with van der Waals surface area (Å²) in [5.41, 5.74) is 3.92. The summed E-state index contributed by atoms with van der Waals surface area (Å²) in [6, 6.07) is 19.0. The highest BCUT2D eigenvalue weighted by Gasteiger charge is 2.16. The van der Waals surface area contributed by atoms with E-state index in [9.17, 15) is 4.79 Å². The summed E-state index contributed by atoms with van der Waals surface area (Å²) in [7, 11) is 0. The number of anilines is 1. The Kier molecular flexibility index (Phi) is 5.06. The van der Waals surface area contributed by atoms with Crippen molar-refractivity contribution < 1.29 is 4.79 Å². The zero-order chi connectivity index (χ0) is 20.3. The number of benzene rings is 2. The number of nitrogens with zero attached hydrogens (tertiary/aromatic N) is 2. The summed E-state index contributed by atoms with van der Waals surface area (Å²) in [6.45, 7) is 0. The van der Waals surface area contributed by atoms with Gasteiger partial charge in [-0.1, -0.05) is 43.5 Å². The summed E-state index contributed by atoms with van der Waals surface area (Å²) in [4.78, 5) is 16.8. The lowest BCUT2D eigenvalue weighted by Gasteiger charge is -2.24. The molecule has 2 aromatic heterocycles. The van der Waals surface area contributed by atoms with Crippen LogP contribution in [0.5, 0.6) is 0 Å². The zero-order valence-corrected chi connectivity index (χ0v) is 16.9.